The van der Waals surface area contributed by atoms with Gasteiger partial charge in [-0.15, -0.1) is 0 Å². The fraction of sp³-hybridized carbons (Fsp3) is 0.222. The van der Waals surface area contributed by atoms with E-state index in [4.69, 9.17) is 9.47 Å². The van der Waals surface area contributed by atoms with Crippen LogP contribution < -0.4 is 10.6 Å². The van der Waals surface area contributed by atoms with E-state index >= 15 is 0 Å². The molecule has 2 aliphatic rings. The zero-order valence-electron chi connectivity index (χ0n) is 14.0. The van der Waals surface area contributed by atoms with Gasteiger partial charge in [-0.2, -0.15) is 0 Å². The molecule has 137 valence electrons. The zero-order chi connectivity index (χ0) is 17.4. The molecule has 0 aromatic rings. The van der Waals surface area contributed by atoms with Crippen molar-refractivity contribution in [1.82, 2.24) is 10.6 Å². The first-order valence-corrected chi connectivity index (χ1v) is 7.47. The minimum absolute atomic E-state index is 0. The average molecular weight is 395 g/mol. The Morgan fingerprint density at radius 3 is 1.52 bits per heavy atom. The summed E-state index contributed by atoms with van der Waals surface area (Å²) in [5, 5.41) is 6.11. The normalized spacial score (nSPS) is 19.3. The quantitative estimate of drug-likeness (QED) is 0.384. The molecule has 0 unspecified atom stereocenters. The first-order chi connectivity index (χ1) is 11.6. The minimum Gasteiger partial charge on any atom is -0.497 e. The molecule has 0 saturated heterocycles. The van der Waals surface area contributed by atoms with E-state index in [9.17, 15) is 9.59 Å². The second kappa shape index (κ2) is 10.4. The van der Waals surface area contributed by atoms with Crippen molar-refractivity contribution in [2.75, 3.05) is 27.3 Å². The van der Waals surface area contributed by atoms with Crippen LogP contribution in [0.4, 0.5) is 0 Å². The Kier molecular flexibility index (Phi) is 8.53. The topological polar surface area (TPSA) is 76.7 Å². The van der Waals surface area contributed by atoms with Crippen molar-refractivity contribution in [3.05, 3.63) is 71.5 Å². The summed E-state index contributed by atoms with van der Waals surface area (Å²) >= 11 is 0. The van der Waals surface area contributed by atoms with Crippen LogP contribution >= 0.6 is 0 Å². The smallest absolute Gasteiger partial charge is 0.190 e. The largest absolute Gasteiger partial charge is 0.497 e. The Hall–Kier alpha value is -2.50. The molecular formula is C18H20CuN2O4. The fourth-order valence-corrected chi connectivity index (χ4v) is 2.03. The molecule has 25 heavy (non-hydrogen) atoms. The Bertz CT molecular complexity index is 640. The third-order valence-electron chi connectivity index (χ3n) is 3.37. The van der Waals surface area contributed by atoms with E-state index in [0.29, 0.717) is 35.8 Å². The van der Waals surface area contributed by atoms with Crippen LogP contribution in [0.2, 0.25) is 0 Å². The molecular weight excluding hydrogens is 375 g/mol. The van der Waals surface area contributed by atoms with Crippen LogP contribution in [0.5, 0.6) is 0 Å². The monoisotopic (exact) mass is 395 g/mol. The Balaban J connectivity index is 0.00000312. The summed E-state index contributed by atoms with van der Waals surface area (Å²) in [5.74, 6) is 0.883. The molecule has 1 radical (unpaired) electrons. The van der Waals surface area contributed by atoms with E-state index in [-0.39, 0.29) is 28.6 Å². The molecule has 0 fully saturated rings. The molecule has 7 heteroatoms. The van der Waals surface area contributed by atoms with Crippen LogP contribution in [0.15, 0.2) is 71.5 Å². The van der Waals surface area contributed by atoms with Crippen molar-refractivity contribution in [1.29, 1.82) is 0 Å². The molecule has 6 nitrogen and oxygen atoms in total. The summed E-state index contributed by atoms with van der Waals surface area (Å²) < 4.78 is 9.98. The number of ether oxygens (including phenoxy) is 2. The van der Waals surface area contributed by atoms with Crippen LogP contribution in [0.3, 0.4) is 0 Å². The van der Waals surface area contributed by atoms with Gasteiger partial charge in [0.1, 0.15) is 11.5 Å². The molecule has 2 N–H and O–H groups in total. The van der Waals surface area contributed by atoms with Gasteiger partial charge in [0, 0.05) is 65.9 Å². The number of hydrogen-bond acceptors (Lipinski definition) is 6. The number of methoxy groups -OCH3 is 2. The SMILES string of the molecule is COC1=CC(=O)/C(=C\NCCN/C=C2/C=CC(OC)=CC2=O)C=C1.[67Cu]. The van der Waals surface area contributed by atoms with E-state index in [1.54, 1.807) is 36.7 Å². The third-order valence-corrected chi connectivity index (χ3v) is 3.37. The maximum absolute atomic E-state index is 11.8. The molecule has 0 aromatic heterocycles. The van der Waals surface area contributed by atoms with Crippen molar-refractivity contribution in [3.8, 4) is 0 Å². The molecule has 0 aliphatic heterocycles. The number of carbonyl (C=O) groups excluding carboxylic acids is 2. The number of ketones is 2. The van der Waals surface area contributed by atoms with Gasteiger partial charge in [0.15, 0.2) is 11.6 Å². The summed E-state index contributed by atoms with van der Waals surface area (Å²) in [5.41, 5.74) is 1.13. The third kappa shape index (κ3) is 6.14. The second-order valence-electron chi connectivity index (χ2n) is 5.00. The second-order valence-corrected chi connectivity index (χ2v) is 5.00. The zero-order valence-corrected chi connectivity index (χ0v) is 14.9. The molecule has 0 bridgehead atoms. The van der Waals surface area contributed by atoms with Gasteiger partial charge in [-0.1, -0.05) is 0 Å². The predicted octanol–water partition coefficient (Wildman–Crippen LogP) is 1.27. The maximum atomic E-state index is 11.8. The van der Waals surface area contributed by atoms with E-state index < -0.39 is 0 Å². The van der Waals surface area contributed by atoms with Crippen molar-refractivity contribution in [3.63, 3.8) is 0 Å². The van der Waals surface area contributed by atoms with Crippen molar-refractivity contribution in [2.24, 2.45) is 0 Å². The first kappa shape index (κ1) is 20.5. The molecule has 0 heterocycles. The van der Waals surface area contributed by atoms with E-state index in [1.807, 2.05) is 0 Å². The van der Waals surface area contributed by atoms with Crippen LogP contribution in [-0.4, -0.2) is 38.9 Å². The fourth-order valence-electron chi connectivity index (χ4n) is 2.03. The van der Waals surface area contributed by atoms with Crippen LogP contribution in [0, 0.1) is 0 Å². The predicted molar refractivity (Wildman–Crippen MR) is 90.6 cm³/mol. The van der Waals surface area contributed by atoms with E-state index in [1.165, 1.54) is 26.4 Å². The summed E-state index contributed by atoms with van der Waals surface area (Å²) in [6, 6.07) is 0. The molecule has 2 rings (SSSR count). The molecule has 0 spiro atoms. The maximum Gasteiger partial charge on any atom is 0.190 e. The standard InChI is InChI=1S/C18H20N2O4.Cu/c1-23-15-5-3-13(17(21)9-15)11-19-7-8-20-12-14-4-6-16(24-2)10-18(14)22;/h3-6,9-12,19-20H,7-8H2,1-2H3;/b13-11-,14-12-;/i;1+3. The van der Waals surface area contributed by atoms with Gasteiger partial charge in [-0.25, -0.2) is 0 Å². The summed E-state index contributed by atoms with van der Waals surface area (Å²) in [7, 11) is 3.05. The van der Waals surface area contributed by atoms with Crippen LogP contribution in [-0.2, 0) is 36.1 Å². The average Bonchev–Trinajstić information content (AvgIpc) is 2.60. The Morgan fingerprint density at radius 1 is 0.800 bits per heavy atom. The van der Waals surface area contributed by atoms with Crippen molar-refractivity contribution >= 4 is 11.6 Å². The summed E-state index contributed by atoms with van der Waals surface area (Å²) in [6.45, 7) is 1.21. The number of carbonyl (C=O) groups is 2. The molecule has 0 atom stereocenters. The Morgan fingerprint density at radius 2 is 1.20 bits per heavy atom. The van der Waals surface area contributed by atoms with Gasteiger partial charge in [0.25, 0.3) is 0 Å². The molecule has 0 saturated carbocycles. The van der Waals surface area contributed by atoms with Gasteiger partial charge in [-0.05, 0) is 24.3 Å². The van der Waals surface area contributed by atoms with Gasteiger partial charge in [-0.3, -0.25) is 9.59 Å². The molecule has 0 amide bonds. The summed E-state index contributed by atoms with van der Waals surface area (Å²) in [6.07, 6.45) is 13.1. The number of nitrogens with one attached hydrogen (secondary N) is 2. The van der Waals surface area contributed by atoms with E-state index in [2.05, 4.69) is 10.6 Å². The van der Waals surface area contributed by atoms with Gasteiger partial charge in [0.05, 0.1) is 14.2 Å². The first-order valence-electron chi connectivity index (χ1n) is 7.47. The van der Waals surface area contributed by atoms with Gasteiger partial charge in [0.2, 0.25) is 0 Å². The Labute approximate surface area is 157 Å². The number of allylic oxidation sites excluding steroid dienone is 8. The van der Waals surface area contributed by atoms with Gasteiger partial charge < -0.3 is 20.1 Å². The number of rotatable bonds is 7. The number of hydrogen-bond donors (Lipinski definition) is 2. The van der Waals surface area contributed by atoms with Crippen LogP contribution in [0.1, 0.15) is 0 Å². The minimum atomic E-state index is -0.101. The van der Waals surface area contributed by atoms with Crippen molar-refractivity contribution < 1.29 is 36.1 Å². The molecule has 2 aliphatic carbocycles. The summed E-state index contributed by atoms with van der Waals surface area (Å²) in [4.78, 5) is 23.6. The van der Waals surface area contributed by atoms with Gasteiger partial charge >= 0.3 is 0 Å². The molecule has 0 aromatic carbocycles. The van der Waals surface area contributed by atoms with Crippen LogP contribution in [0.25, 0.3) is 0 Å². The van der Waals surface area contributed by atoms with E-state index in [0.717, 1.165) is 0 Å². The van der Waals surface area contributed by atoms with Crippen molar-refractivity contribution in [2.45, 2.75) is 0 Å².